The van der Waals surface area contributed by atoms with Gasteiger partial charge >= 0.3 is 6.09 Å². The molecule has 43 heteroatoms. The number of aromatic amines is 1. The summed E-state index contributed by atoms with van der Waals surface area (Å²) in [6, 6.07) is 13.3. The van der Waals surface area contributed by atoms with E-state index in [0.717, 1.165) is 38.2 Å². The quantitative estimate of drug-likeness (QED) is 0.0135. The number of aromatic nitrogens is 3. The van der Waals surface area contributed by atoms with E-state index in [9.17, 15) is 90.6 Å². The van der Waals surface area contributed by atoms with E-state index in [1.54, 1.807) is 45.9 Å². The summed E-state index contributed by atoms with van der Waals surface area (Å²) < 4.78 is 63.8. The third-order valence-electron chi connectivity index (χ3n) is 20.4. The van der Waals surface area contributed by atoms with Gasteiger partial charge in [-0.3, -0.25) is 66.3 Å². The minimum absolute atomic E-state index is 0.0108. The van der Waals surface area contributed by atoms with Crippen molar-refractivity contribution in [3.05, 3.63) is 119 Å². The Kier molecular flexibility index (Phi) is 34.2. The average Bonchev–Trinajstić information content (AvgIpc) is 1.60. The molecule has 9 rings (SSSR count). The van der Waals surface area contributed by atoms with E-state index in [2.05, 4.69) is 70.3 Å². The minimum Gasteiger partial charge on any atom is -0.410 e. The first-order valence-corrected chi connectivity index (χ1v) is 44.3. The van der Waals surface area contributed by atoms with Crippen molar-refractivity contribution in [3.63, 3.8) is 0 Å². The molecule has 0 saturated carbocycles. The third kappa shape index (κ3) is 27.0. The van der Waals surface area contributed by atoms with Gasteiger partial charge < -0.3 is 103 Å². The van der Waals surface area contributed by atoms with Crippen molar-refractivity contribution in [1.29, 1.82) is 0 Å². The van der Waals surface area contributed by atoms with Crippen LogP contribution in [0.25, 0.3) is 21.9 Å². The predicted octanol–water partition coefficient (Wildman–Crippen LogP) is -2.13. The van der Waals surface area contributed by atoms with E-state index >= 15 is 4.21 Å². The topological polar surface area (TPSA) is 576 Å². The Hall–Kier alpha value is -10.5. The van der Waals surface area contributed by atoms with Crippen LogP contribution in [-0.2, 0) is 102 Å². The minimum atomic E-state index is -4.50. The van der Waals surface area contributed by atoms with E-state index in [0.29, 0.717) is 35.9 Å². The van der Waals surface area contributed by atoms with Crippen LogP contribution in [0.15, 0.2) is 90.0 Å². The van der Waals surface area contributed by atoms with Crippen molar-refractivity contribution in [2.45, 2.75) is 144 Å². The van der Waals surface area contributed by atoms with Gasteiger partial charge in [0.25, 0.3) is 16.0 Å². The number of amides is 13. The second kappa shape index (κ2) is 43.8. The lowest BCUT2D eigenvalue weighted by atomic mass is 9.93. The van der Waals surface area contributed by atoms with E-state index in [4.69, 9.17) is 29.9 Å². The Bertz CT molecular complexity index is 4910. The molecule has 656 valence electrons. The number of nitrogens with zero attached hydrogens (tertiary/aromatic N) is 4. The summed E-state index contributed by atoms with van der Waals surface area (Å²) in [4.78, 5) is 197. The molecule has 17 N–H and O–H groups in total. The summed E-state index contributed by atoms with van der Waals surface area (Å²) >= 11 is 0. The molecular formula is C78H102N16O23S4. The molecular weight excluding hydrogens is 1660 g/mol. The fourth-order valence-corrected chi connectivity index (χ4v) is 17.9. The van der Waals surface area contributed by atoms with Gasteiger partial charge in [0.1, 0.15) is 53.1 Å². The Morgan fingerprint density at radius 1 is 0.769 bits per heavy atom. The molecule has 1 saturated heterocycles. The van der Waals surface area contributed by atoms with E-state index in [-0.39, 0.29) is 84.8 Å². The molecule has 12 atom stereocenters. The van der Waals surface area contributed by atoms with Gasteiger partial charge in [-0.05, 0) is 66.8 Å². The van der Waals surface area contributed by atoms with Crippen molar-refractivity contribution < 1.29 is 109 Å². The maximum absolute atomic E-state index is 15.3. The maximum Gasteiger partial charge on any atom is 0.414 e. The van der Waals surface area contributed by atoms with Crippen LogP contribution >= 0.6 is 21.6 Å². The number of carbonyl (C=O) groups excluding carboxylic acids is 13. The van der Waals surface area contributed by atoms with Crippen LogP contribution in [0.4, 0.5) is 4.79 Å². The van der Waals surface area contributed by atoms with Crippen molar-refractivity contribution in [2.24, 2.45) is 17.6 Å². The SMILES string of the molecule is CC[C@H](C)[C@@H]1NC(=O)CNC(=O)[C@H]2Cc3c([nH]c4cc(OC(=O)N(C)CCSSC(C)(C)C(NC(=O)CCOCCOCCNC(=O)c5ccc6nc7c(nc6c5)Cc5cccccccc(c5)C7)C(=O)NCCS(=O)(=O)O)ccc34)S(=O)C[C@H](NC(=O)CNC1=O)C(=O)NC(CC(N)=O)C(=O)N1C[C@H](O)C[C@H]1C(=O)N[C@@H]([C@@H](C)[C@@H](O)CO)C(=O)N2. The van der Waals surface area contributed by atoms with Crippen molar-refractivity contribution in [3.8, 4) is 5.75 Å². The standard InChI is InChI=1S/C78H102N16O23S4/c1-7-42(2)65-72(106)83-37-63(100)86-58-41-120(111)75-50(35-56(69(103)82-38-64(101)90-65)87-73(107)66(43(3)60(97)40-95)92-71(105)59-33-47(96)39-94(59)76(109)57(36-61(79)98)88-70(58)104)49-17-16-48(34-52(49)89-75)117-77(110)93(6)22-27-118-119-78(4,5)67(74(108)81-21-28-121(112,113)114)91-62(99)19-23-115-25-26-116-24-20-80-68(102)46-15-18-51-55(32-46)85-54-31-45-14-12-10-8-9-11-13-44(29-45)30-53(54)84-51/h8-18,29,32,34,42-43,47,56-60,65-67,89,95-97H,7,19-28,30-31,33,35-41H2,1-6H3,(H2,79,98)(H,80,102)(H,81,108)(H,82,103)(H,83,106)(H,86,100)(H,87,107)(H,88,104)(H,90,101)(H,91,99)(H,92,105)(H,112,113,114)/t42-,43-,47+,56+,57?,58-,59-,60-,65-,66-,67?,120?/m0/s1. The van der Waals surface area contributed by atoms with Crippen LogP contribution in [0.2, 0.25) is 0 Å². The van der Waals surface area contributed by atoms with Gasteiger partial charge in [-0.25, -0.2) is 14.8 Å². The molecule has 3 unspecified atom stereocenters. The second-order valence-corrected chi connectivity index (χ2v) is 36.1. The highest BCUT2D eigenvalue weighted by atomic mass is 33.1. The van der Waals surface area contributed by atoms with Gasteiger partial charge in [-0.2, -0.15) is 8.42 Å². The molecule has 3 aliphatic heterocycles. The van der Waals surface area contributed by atoms with Crippen LogP contribution in [0, 0.1) is 11.8 Å². The second-order valence-electron chi connectivity index (χ2n) is 30.0. The Morgan fingerprint density at radius 2 is 1.44 bits per heavy atom. The normalized spacial score (nSPS) is 21.2. The monoisotopic (exact) mass is 1760 g/mol. The number of nitrogens with one attached hydrogen (secondary N) is 11. The van der Waals surface area contributed by atoms with E-state index in [1.165, 1.54) is 47.9 Å². The molecule has 13 amide bonds. The van der Waals surface area contributed by atoms with E-state index < -0.39 is 227 Å². The number of benzene rings is 2. The van der Waals surface area contributed by atoms with Crippen LogP contribution in [0.5, 0.6) is 5.75 Å². The fourth-order valence-electron chi connectivity index (χ4n) is 13.5. The number of hydrogen-bond acceptors (Lipinski definition) is 26. The Morgan fingerprint density at radius 3 is 2.12 bits per heavy atom. The molecule has 1 aliphatic carbocycles. The summed E-state index contributed by atoms with van der Waals surface area (Å²) in [6.45, 7) is 4.47. The maximum atomic E-state index is 15.3. The summed E-state index contributed by atoms with van der Waals surface area (Å²) in [5, 5.41) is 57.0. The average molecular weight is 1760 g/mol. The highest BCUT2D eigenvalue weighted by Gasteiger charge is 2.46. The van der Waals surface area contributed by atoms with E-state index in [1.807, 2.05) is 36.4 Å². The number of aliphatic hydroxyl groups is 3. The third-order valence-corrected chi connectivity index (χ3v) is 25.8. The molecule has 4 bridgehead atoms. The lowest BCUT2D eigenvalue weighted by Crippen LogP contribution is -2.62. The molecule has 3 aromatic carbocycles. The number of carbonyl (C=O) groups is 13. The highest BCUT2D eigenvalue weighted by molar-refractivity contribution is 8.77. The number of hydrogen-bond donors (Lipinski definition) is 16. The van der Waals surface area contributed by atoms with Crippen molar-refractivity contribution >= 4 is 141 Å². The van der Waals surface area contributed by atoms with Gasteiger partial charge in [0.15, 0.2) is 0 Å². The van der Waals surface area contributed by atoms with Gasteiger partial charge in [0, 0.05) is 98.8 Å². The number of rotatable bonds is 29. The smallest absolute Gasteiger partial charge is 0.410 e. The zero-order valence-electron chi connectivity index (χ0n) is 67.3. The van der Waals surface area contributed by atoms with Crippen LogP contribution in [0.3, 0.4) is 0 Å². The number of fused-ring (bicyclic) bond motifs is 9. The number of nitrogens with two attached hydrogens (primary N) is 1. The first-order valence-electron chi connectivity index (χ1n) is 39.0. The van der Waals surface area contributed by atoms with Gasteiger partial charge in [-0.15, -0.1) is 0 Å². The molecule has 0 spiro atoms. The molecule has 4 aliphatic rings. The van der Waals surface area contributed by atoms with Crippen LogP contribution in [-0.4, -0.2) is 290 Å². The van der Waals surface area contributed by atoms with Gasteiger partial charge in [0.2, 0.25) is 65.0 Å². The summed E-state index contributed by atoms with van der Waals surface area (Å²) in [5.41, 5.74) is 11.1. The Labute approximate surface area is 706 Å². The first-order chi connectivity index (χ1) is 57.5. The van der Waals surface area contributed by atoms with Gasteiger partial charge in [-0.1, -0.05) is 97.3 Å². The Balaban J connectivity index is 0.856. The lowest BCUT2D eigenvalue weighted by molar-refractivity contribution is -0.144. The molecule has 39 nitrogen and oxygen atoms in total. The molecule has 5 aromatic rings. The summed E-state index contributed by atoms with van der Waals surface area (Å²) in [5.74, 6) is -15.3. The zero-order valence-corrected chi connectivity index (χ0v) is 70.6. The largest absolute Gasteiger partial charge is 0.414 e. The van der Waals surface area contributed by atoms with Crippen molar-refractivity contribution in [2.75, 3.05) is 96.6 Å². The molecule has 121 heavy (non-hydrogen) atoms. The number of ether oxygens (including phenoxy) is 3. The number of H-pyrrole nitrogens is 1. The molecule has 0 radical (unpaired) electrons. The first kappa shape index (κ1) is 94.3. The van der Waals surface area contributed by atoms with Gasteiger partial charge in [0.05, 0.1) is 115 Å². The molecule has 1 fully saturated rings. The van der Waals surface area contributed by atoms with Crippen LogP contribution in [0.1, 0.15) is 98.7 Å². The number of primary amides is 1. The summed E-state index contributed by atoms with van der Waals surface area (Å²) in [6.07, 6.45) is -4.90. The molecule has 2 aromatic heterocycles. The highest BCUT2D eigenvalue weighted by Crippen LogP contribution is 2.39. The predicted molar refractivity (Wildman–Crippen MR) is 443 cm³/mol. The lowest BCUT2D eigenvalue weighted by Gasteiger charge is -2.33. The van der Waals surface area contributed by atoms with Crippen LogP contribution < -0.4 is 63.6 Å². The zero-order chi connectivity index (χ0) is 88.0. The summed E-state index contributed by atoms with van der Waals surface area (Å²) in [7, 11) is -3.35. The van der Waals surface area contributed by atoms with Crippen molar-refractivity contribution in [1.82, 2.24) is 77.9 Å². The molecule has 5 heterocycles. The fraction of sp³-hybridized carbons (Fsp3) is 0.500. The number of aliphatic hydroxyl groups excluding tert-OH is 3.